The Kier molecular flexibility index (Phi) is 6.47. The molecule has 0 saturated carbocycles. The van der Waals surface area contributed by atoms with Crippen molar-refractivity contribution in [3.05, 3.63) is 30.1 Å². The summed E-state index contributed by atoms with van der Waals surface area (Å²) in [6.45, 7) is 2.74. The molecule has 0 aliphatic carbocycles. The van der Waals surface area contributed by atoms with Crippen molar-refractivity contribution in [1.82, 2.24) is 9.80 Å². The summed E-state index contributed by atoms with van der Waals surface area (Å²) in [7, 11) is 0. The molecule has 3 rings (SSSR count). The van der Waals surface area contributed by atoms with Crippen molar-refractivity contribution in [1.29, 1.82) is 0 Å². The van der Waals surface area contributed by atoms with Gasteiger partial charge in [-0.1, -0.05) is 6.42 Å². The molecule has 0 bridgehead atoms. The molecule has 1 atom stereocenters. The highest BCUT2D eigenvalue weighted by Crippen LogP contribution is 2.18. The Balaban J connectivity index is 1.47. The van der Waals surface area contributed by atoms with Gasteiger partial charge in [0.25, 0.3) is 0 Å². The first-order valence-electron chi connectivity index (χ1n) is 9.69. The monoisotopic (exact) mass is 361 g/mol. The Labute approximate surface area is 154 Å². The number of halogens is 1. The second kappa shape index (κ2) is 9.01. The molecule has 0 unspecified atom stereocenters. The minimum atomic E-state index is -0.251. The second-order valence-electron chi connectivity index (χ2n) is 7.27. The van der Waals surface area contributed by atoms with Gasteiger partial charge in [0.2, 0.25) is 11.8 Å². The highest BCUT2D eigenvalue weighted by molar-refractivity contribution is 5.79. The van der Waals surface area contributed by atoms with Crippen LogP contribution in [0.3, 0.4) is 0 Å². The molecule has 1 aromatic rings. The first kappa shape index (κ1) is 18.7. The second-order valence-corrected chi connectivity index (χ2v) is 7.27. The molecule has 2 fully saturated rings. The molecule has 2 aliphatic rings. The standard InChI is InChI=1S/C20H28FN3O2/c21-16-7-9-17(10-8-16)22-18-5-4-13-24(15-18)20(26)11-14-23-12-3-1-2-6-19(23)25/h7-10,18,22H,1-6,11-15H2/t18-/m1/s1. The van der Waals surface area contributed by atoms with E-state index in [4.69, 9.17) is 0 Å². The maximum Gasteiger partial charge on any atom is 0.224 e. The highest BCUT2D eigenvalue weighted by atomic mass is 19.1. The van der Waals surface area contributed by atoms with E-state index in [2.05, 4.69) is 5.32 Å². The SMILES string of the molecule is O=C1CCCCCN1CCC(=O)N1CCC[C@@H](Nc2ccc(F)cc2)C1. The molecular weight excluding hydrogens is 333 g/mol. The first-order valence-corrected chi connectivity index (χ1v) is 9.69. The van der Waals surface area contributed by atoms with Gasteiger partial charge in [-0.15, -0.1) is 0 Å². The van der Waals surface area contributed by atoms with Crippen molar-refractivity contribution in [3.63, 3.8) is 0 Å². The molecule has 1 N–H and O–H groups in total. The van der Waals surface area contributed by atoms with Gasteiger partial charge in [0.1, 0.15) is 5.82 Å². The number of hydrogen-bond acceptors (Lipinski definition) is 3. The number of carbonyl (C=O) groups excluding carboxylic acids is 2. The van der Waals surface area contributed by atoms with E-state index in [-0.39, 0.29) is 23.7 Å². The highest BCUT2D eigenvalue weighted by Gasteiger charge is 2.25. The van der Waals surface area contributed by atoms with E-state index in [0.717, 1.165) is 50.9 Å². The maximum absolute atomic E-state index is 13.0. The zero-order valence-electron chi connectivity index (χ0n) is 15.3. The number of hydrogen-bond donors (Lipinski definition) is 1. The van der Waals surface area contributed by atoms with E-state index in [0.29, 0.717) is 25.9 Å². The summed E-state index contributed by atoms with van der Waals surface area (Å²) >= 11 is 0. The molecule has 0 aromatic heterocycles. The van der Waals surface area contributed by atoms with Gasteiger partial charge < -0.3 is 15.1 Å². The van der Waals surface area contributed by atoms with Crippen LogP contribution < -0.4 is 5.32 Å². The number of nitrogens with zero attached hydrogens (tertiary/aromatic N) is 2. The molecule has 0 radical (unpaired) electrons. The van der Waals surface area contributed by atoms with Crippen molar-refractivity contribution < 1.29 is 14.0 Å². The number of amides is 2. The van der Waals surface area contributed by atoms with Crippen LogP contribution in [0.2, 0.25) is 0 Å². The van der Waals surface area contributed by atoms with Gasteiger partial charge in [0.15, 0.2) is 0 Å². The molecule has 0 spiro atoms. The van der Waals surface area contributed by atoms with Crippen LogP contribution in [0.4, 0.5) is 10.1 Å². The predicted octanol–water partition coefficient (Wildman–Crippen LogP) is 3.02. The summed E-state index contributed by atoms with van der Waals surface area (Å²) in [6, 6.07) is 6.50. The van der Waals surface area contributed by atoms with Gasteiger partial charge in [0, 0.05) is 50.7 Å². The van der Waals surface area contributed by atoms with Gasteiger partial charge in [-0.05, 0) is 49.9 Å². The first-order chi connectivity index (χ1) is 12.6. The van der Waals surface area contributed by atoms with E-state index in [1.54, 1.807) is 12.1 Å². The topological polar surface area (TPSA) is 52.7 Å². The van der Waals surface area contributed by atoms with Gasteiger partial charge in [-0.25, -0.2) is 4.39 Å². The summed E-state index contributed by atoms with van der Waals surface area (Å²) in [5.41, 5.74) is 0.876. The van der Waals surface area contributed by atoms with E-state index in [1.807, 2.05) is 9.80 Å². The third-order valence-electron chi connectivity index (χ3n) is 5.26. The Morgan fingerprint density at radius 2 is 1.92 bits per heavy atom. The fourth-order valence-electron chi connectivity index (χ4n) is 3.77. The number of rotatable bonds is 5. The van der Waals surface area contributed by atoms with Crippen LogP contribution in [0.1, 0.15) is 44.9 Å². The van der Waals surface area contributed by atoms with Crippen molar-refractivity contribution in [2.75, 3.05) is 31.5 Å². The van der Waals surface area contributed by atoms with Gasteiger partial charge in [-0.3, -0.25) is 9.59 Å². The molecule has 2 heterocycles. The number of benzene rings is 1. The molecule has 2 aliphatic heterocycles. The van der Waals surface area contributed by atoms with E-state index in [9.17, 15) is 14.0 Å². The van der Waals surface area contributed by atoms with Crippen molar-refractivity contribution >= 4 is 17.5 Å². The number of nitrogens with one attached hydrogen (secondary N) is 1. The minimum Gasteiger partial charge on any atom is -0.381 e. The van der Waals surface area contributed by atoms with Crippen LogP contribution in [-0.4, -0.2) is 53.8 Å². The lowest BCUT2D eigenvalue weighted by atomic mass is 10.0. The average molecular weight is 361 g/mol. The van der Waals surface area contributed by atoms with E-state index < -0.39 is 0 Å². The third-order valence-corrected chi connectivity index (χ3v) is 5.26. The number of piperidine rings is 1. The van der Waals surface area contributed by atoms with E-state index >= 15 is 0 Å². The number of carbonyl (C=O) groups is 2. The van der Waals surface area contributed by atoms with Crippen molar-refractivity contribution in [2.45, 2.75) is 51.0 Å². The summed E-state index contributed by atoms with van der Waals surface area (Å²) in [5.74, 6) is 0.0523. The molecule has 2 amide bonds. The molecular formula is C20H28FN3O2. The van der Waals surface area contributed by atoms with Crippen molar-refractivity contribution in [3.8, 4) is 0 Å². The number of likely N-dealkylation sites (tertiary alicyclic amines) is 2. The molecule has 5 nitrogen and oxygen atoms in total. The fraction of sp³-hybridized carbons (Fsp3) is 0.600. The van der Waals surface area contributed by atoms with Crippen LogP contribution in [0.5, 0.6) is 0 Å². The summed E-state index contributed by atoms with van der Waals surface area (Å²) < 4.78 is 13.0. The zero-order valence-corrected chi connectivity index (χ0v) is 15.3. The molecule has 2 saturated heterocycles. The largest absolute Gasteiger partial charge is 0.381 e. The summed E-state index contributed by atoms with van der Waals surface area (Å²) in [4.78, 5) is 28.4. The zero-order chi connectivity index (χ0) is 18.4. The molecule has 26 heavy (non-hydrogen) atoms. The third kappa shape index (κ3) is 5.19. The lowest BCUT2D eigenvalue weighted by Crippen LogP contribution is -2.46. The molecule has 1 aromatic carbocycles. The lowest BCUT2D eigenvalue weighted by Gasteiger charge is -2.34. The van der Waals surface area contributed by atoms with Gasteiger partial charge in [-0.2, -0.15) is 0 Å². The minimum absolute atomic E-state index is 0.118. The van der Waals surface area contributed by atoms with Gasteiger partial charge in [0.05, 0.1) is 0 Å². The smallest absolute Gasteiger partial charge is 0.224 e. The average Bonchev–Trinajstić information content (AvgIpc) is 2.86. The van der Waals surface area contributed by atoms with Crippen LogP contribution in [-0.2, 0) is 9.59 Å². The normalized spacial score (nSPS) is 21.4. The van der Waals surface area contributed by atoms with Crippen LogP contribution in [0.25, 0.3) is 0 Å². The maximum atomic E-state index is 13.0. The Morgan fingerprint density at radius 3 is 2.73 bits per heavy atom. The predicted molar refractivity (Wildman–Crippen MR) is 99.3 cm³/mol. The van der Waals surface area contributed by atoms with Crippen molar-refractivity contribution in [2.24, 2.45) is 0 Å². The van der Waals surface area contributed by atoms with Crippen LogP contribution >= 0.6 is 0 Å². The fourth-order valence-corrected chi connectivity index (χ4v) is 3.77. The molecule has 6 heteroatoms. The Bertz CT molecular complexity index is 620. The lowest BCUT2D eigenvalue weighted by molar-refractivity contribution is -0.134. The Morgan fingerprint density at radius 1 is 1.12 bits per heavy atom. The summed E-state index contributed by atoms with van der Waals surface area (Å²) in [6.07, 6.45) is 6.05. The quantitative estimate of drug-likeness (QED) is 0.877. The van der Waals surface area contributed by atoms with Gasteiger partial charge >= 0.3 is 0 Å². The van der Waals surface area contributed by atoms with Crippen LogP contribution in [0.15, 0.2) is 24.3 Å². The van der Waals surface area contributed by atoms with E-state index in [1.165, 1.54) is 12.1 Å². The number of anilines is 1. The molecule has 142 valence electrons. The Hall–Kier alpha value is -2.11. The van der Waals surface area contributed by atoms with Crippen LogP contribution in [0, 0.1) is 5.82 Å². The summed E-state index contributed by atoms with van der Waals surface area (Å²) in [5, 5.41) is 3.39.